The number of hydrogen-bond acceptors (Lipinski definition) is 15. The van der Waals surface area contributed by atoms with E-state index in [1.807, 2.05) is 0 Å². The van der Waals surface area contributed by atoms with Gasteiger partial charge in [-0.2, -0.15) is 0 Å². The van der Waals surface area contributed by atoms with Crippen molar-refractivity contribution in [2.45, 2.75) is 374 Å². The number of phosphoric acid groups is 2. The fourth-order valence-electron chi connectivity index (χ4n) is 10.5. The Kier molecular flexibility index (Phi) is 61.1. The molecule has 0 saturated carbocycles. The zero-order valence-corrected chi connectivity index (χ0v) is 58.6. The van der Waals surface area contributed by atoms with Crippen molar-refractivity contribution in [1.82, 2.24) is 0 Å². The van der Waals surface area contributed by atoms with Crippen molar-refractivity contribution in [3.05, 3.63) is 0 Å². The number of aliphatic hydroxyl groups is 1. The predicted molar refractivity (Wildman–Crippen MR) is 354 cm³/mol. The van der Waals surface area contributed by atoms with Gasteiger partial charge in [-0.25, -0.2) is 9.13 Å². The van der Waals surface area contributed by atoms with E-state index in [4.69, 9.17) is 37.0 Å². The highest BCUT2D eigenvalue weighted by molar-refractivity contribution is 7.47. The van der Waals surface area contributed by atoms with E-state index >= 15 is 0 Å². The molecule has 3 N–H and O–H groups in total. The first-order valence-electron chi connectivity index (χ1n) is 36.1. The Hall–Kier alpha value is -1.94. The number of ether oxygens (including phenoxy) is 4. The first kappa shape index (κ1) is 86.1. The van der Waals surface area contributed by atoms with Crippen LogP contribution < -0.4 is 0 Å². The van der Waals surface area contributed by atoms with Crippen LogP contribution in [0, 0.1) is 5.92 Å². The molecule has 17 nitrogen and oxygen atoms in total. The van der Waals surface area contributed by atoms with Gasteiger partial charge in [-0.3, -0.25) is 37.3 Å². The summed E-state index contributed by atoms with van der Waals surface area (Å²) in [6, 6.07) is 0. The maximum Gasteiger partial charge on any atom is 0.472 e. The third-order valence-corrected chi connectivity index (χ3v) is 17.9. The van der Waals surface area contributed by atoms with E-state index in [0.29, 0.717) is 25.7 Å². The van der Waals surface area contributed by atoms with E-state index in [9.17, 15) is 43.2 Å². The molecule has 0 radical (unpaired) electrons. The molecule has 0 rings (SSSR count). The molecule has 522 valence electrons. The minimum absolute atomic E-state index is 0.107. The molecule has 19 heteroatoms. The van der Waals surface area contributed by atoms with Crippen LogP contribution in [0.2, 0.25) is 0 Å². The second-order valence-electron chi connectivity index (χ2n) is 25.4. The fraction of sp³-hybridized carbons (Fsp3) is 0.942. The smallest absolute Gasteiger partial charge is 0.462 e. The van der Waals surface area contributed by atoms with E-state index in [1.54, 1.807) is 0 Å². The lowest BCUT2D eigenvalue weighted by Gasteiger charge is -2.21. The molecule has 0 aliphatic rings. The molecule has 0 amide bonds. The summed E-state index contributed by atoms with van der Waals surface area (Å²) < 4.78 is 68.2. The predicted octanol–water partition coefficient (Wildman–Crippen LogP) is 19.7. The summed E-state index contributed by atoms with van der Waals surface area (Å²) in [7, 11) is -9.89. The molecule has 88 heavy (non-hydrogen) atoms. The van der Waals surface area contributed by atoms with Crippen molar-refractivity contribution in [1.29, 1.82) is 0 Å². The maximum absolute atomic E-state index is 13.0. The number of carbonyl (C=O) groups is 4. The summed E-state index contributed by atoms with van der Waals surface area (Å²) in [6.45, 7) is 7.24. The third kappa shape index (κ3) is 62.8. The minimum Gasteiger partial charge on any atom is -0.462 e. The van der Waals surface area contributed by atoms with Crippen molar-refractivity contribution in [2.75, 3.05) is 39.6 Å². The second kappa shape index (κ2) is 62.5. The van der Waals surface area contributed by atoms with E-state index in [2.05, 4.69) is 34.6 Å². The van der Waals surface area contributed by atoms with Gasteiger partial charge in [0, 0.05) is 25.7 Å². The quantitative estimate of drug-likeness (QED) is 0.0222. The van der Waals surface area contributed by atoms with Crippen LogP contribution in [-0.4, -0.2) is 96.7 Å². The van der Waals surface area contributed by atoms with Gasteiger partial charge in [0.15, 0.2) is 12.2 Å². The van der Waals surface area contributed by atoms with E-state index < -0.39 is 97.5 Å². The fourth-order valence-corrected chi connectivity index (χ4v) is 12.0. The molecule has 0 heterocycles. The van der Waals surface area contributed by atoms with Crippen LogP contribution in [-0.2, 0) is 65.4 Å². The molecule has 0 aromatic rings. The van der Waals surface area contributed by atoms with Gasteiger partial charge in [0.05, 0.1) is 26.4 Å². The summed E-state index contributed by atoms with van der Waals surface area (Å²) in [6.07, 6.45) is 48.3. The second-order valence-corrected chi connectivity index (χ2v) is 28.3. The highest BCUT2D eigenvalue weighted by Gasteiger charge is 2.30. The largest absolute Gasteiger partial charge is 0.472 e. The molecular formula is C69H134O17P2. The van der Waals surface area contributed by atoms with Gasteiger partial charge in [-0.05, 0) is 31.6 Å². The van der Waals surface area contributed by atoms with Crippen LogP contribution in [0.4, 0.5) is 0 Å². The van der Waals surface area contributed by atoms with Crippen LogP contribution in [0.1, 0.15) is 356 Å². The Morgan fingerprint density at radius 2 is 0.523 bits per heavy atom. The van der Waals surface area contributed by atoms with Crippen molar-refractivity contribution >= 4 is 39.5 Å². The topological polar surface area (TPSA) is 237 Å². The van der Waals surface area contributed by atoms with Crippen LogP contribution >= 0.6 is 15.6 Å². The van der Waals surface area contributed by atoms with Crippen molar-refractivity contribution < 1.29 is 80.2 Å². The standard InChI is InChI=1S/C69H134O17P2/c1-6-9-12-15-18-21-24-28-33-38-43-48-53-67(72)80-59-65(86-69(74)55-50-45-40-35-30-26-27-31-36-41-46-51-62(4)5)61-84-88(77,78)82-57-63(70)56-81-87(75,76)83-60-64(58-79-66(71)52-47-42-37-32-23-20-17-14-11-8-3)85-68(73)54-49-44-39-34-29-25-22-19-16-13-10-7-2/h62-65,70H,6-61H2,1-5H3,(H,75,76)(H,77,78)/t63-,64+,65+/m0/s1. The average molecular weight is 1300 g/mol. The molecule has 0 aliphatic carbocycles. The summed E-state index contributed by atoms with van der Waals surface area (Å²) in [5, 5.41) is 10.6. The molecule has 0 fully saturated rings. The van der Waals surface area contributed by atoms with Gasteiger partial charge in [0.25, 0.3) is 0 Å². The van der Waals surface area contributed by atoms with Crippen LogP contribution in [0.5, 0.6) is 0 Å². The van der Waals surface area contributed by atoms with Gasteiger partial charge in [-0.1, -0.05) is 304 Å². The van der Waals surface area contributed by atoms with Crippen molar-refractivity contribution in [3.8, 4) is 0 Å². The molecule has 0 spiro atoms. The lowest BCUT2D eigenvalue weighted by atomic mass is 10.0. The Bertz CT molecular complexity index is 1700. The van der Waals surface area contributed by atoms with Gasteiger partial charge < -0.3 is 33.8 Å². The van der Waals surface area contributed by atoms with Crippen LogP contribution in [0.25, 0.3) is 0 Å². The number of rotatable bonds is 69. The van der Waals surface area contributed by atoms with Crippen LogP contribution in [0.3, 0.4) is 0 Å². The van der Waals surface area contributed by atoms with Crippen molar-refractivity contribution in [2.24, 2.45) is 5.92 Å². The summed E-state index contributed by atoms with van der Waals surface area (Å²) in [5.41, 5.74) is 0. The molecule has 2 unspecified atom stereocenters. The molecule has 0 aliphatic heterocycles. The van der Waals surface area contributed by atoms with E-state index in [-0.39, 0.29) is 25.7 Å². The first-order chi connectivity index (χ1) is 42.5. The van der Waals surface area contributed by atoms with Gasteiger partial charge in [0.2, 0.25) is 0 Å². The summed E-state index contributed by atoms with van der Waals surface area (Å²) in [5.74, 6) is -1.36. The Labute approximate surface area is 537 Å². The Balaban J connectivity index is 5.25. The highest BCUT2D eigenvalue weighted by Crippen LogP contribution is 2.45. The monoisotopic (exact) mass is 1300 g/mol. The van der Waals surface area contributed by atoms with E-state index in [1.165, 1.54) is 180 Å². The summed E-state index contributed by atoms with van der Waals surface area (Å²) in [4.78, 5) is 72.5. The molecule has 0 aromatic heterocycles. The van der Waals surface area contributed by atoms with E-state index in [0.717, 1.165) is 95.8 Å². The molecule has 0 saturated heterocycles. The Morgan fingerprint density at radius 3 is 0.773 bits per heavy atom. The molecule has 0 bridgehead atoms. The SMILES string of the molecule is CCCCCCCCCCCCCCC(=O)OC[C@H](COP(=O)(O)OC[C@@H](O)COP(=O)(O)OC[C@@H](COC(=O)CCCCCCCCCCCC)OC(=O)CCCCCCCCCCCCCC)OC(=O)CCCCCCCCCCCCCC(C)C. The van der Waals surface area contributed by atoms with Gasteiger partial charge >= 0.3 is 39.5 Å². The van der Waals surface area contributed by atoms with Crippen LogP contribution in [0.15, 0.2) is 0 Å². The minimum atomic E-state index is -4.95. The Morgan fingerprint density at radius 1 is 0.307 bits per heavy atom. The number of aliphatic hydroxyl groups excluding tert-OH is 1. The molecule has 0 aromatic carbocycles. The van der Waals surface area contributed by atoms with Crippen molar-refractivity contribution in [3.63, 3.8) is 0 Å². The average Bonchev–Trinajstić information content (AvgIpc) is 3.61. The number of carbonyl (C=O) groups excluding carboxylic acids is 4. The number of hydrogen-bond donors (Lipinski definition) is 3. The molecule has 5 atom stereocenters. The normalized spacial score (nSPS) is 14.1. The first-order valence-corrected chi connectivity index (χ1v) is 39.1. The zero-order valence-electron chi connectivity index (χ0n) is 56.9. The zero-order chi connectivity index (χ0) is 64.9. The lowest BCUT2D eigenvalue weighted by molar-refractivity contribution is -0.161. The summed E-state index contributed by atoms with van der Waals surface area (Å²) >= 11 is 0. The highest BCUT2D eigenvalue weighted by atomic mass is 31.2. The van der Waals surface area contributed by atoms with Gasteiger partial charge in [-0.15, -0.1) is 0 Å². The number of phosphoric ester groups is 2. The molecular weight excluding hydrogens is 1160 g/mol. The maximum atomic E-state index is 13.0. The third-order valence-electron chi connectivity index (χ3n) is 16.0. The van der Waals surface area contributed by atoms with Gasteiger partial charge in [0.1, 0.15) is 19.3 Å². The number of unbranched alkanes of at least 4 members (excludes halogenated alkanes) is 41. The lowest BCUT2D eigenvalue weighted by Crippen LogP contribution is -2.30. The number of esters is 4.